The van der Waals surface area contributed by atoms with E-state index in [-0.39, 0.29) is 0 Å². The summed E-state index contributed by atoms with van der Waals surface area (Å²) < 4.78 is 0. The molecule has 1 aromatic carbocycles. The summed E-state index contributed by atoms with van der Waals surface area (Å²) in [5, 5.41) is 3.65. The van der Waals surface area contributed by atoms with Crippen LogP contribution in [0.2, 0.25) is 0 Å². The lowest BCUT2D eigenvalue weighted by Crippen LogP contribution is -2.36. The summed E-state index contributed by atoms with van der Waals surface area (Å²) in [5.41, 5.74) is 1.39. The molecule has 2 heteroatoms. The Morgan fingerprint density at radius 1 is 1.11 bits per heavy atom. The molecule has 0 aromatic heterocycles. The summed E-state index contributed by atoms with van der Waals surface area (Å²) in [7, 11) is 2.21. The molecular weight excluding hydrogens is 220 g/mol. The highest BCUT2D eigenvalue weighted by Crippen LogP contribution is 2.15. The van der Waals surface area contributed by atoms with Crippen LogP contribution >= 0.6 is 0 Å². The third-order valence-corrected chi connectivity index (χ3v) is 3.81. The maximum atomic E-state index is 3.65. The monoisotopic (exact) mass is 248 g/mol. The van der Waals surface area contributed by atoms with E-state index in [1.165, 1.54) is 12.0 Å². The number of nitrogens with zero attached hydrogens (tertiary/aromatic N) is 1. The molecule has 0 aliphatic heterocycles. The number of hydrogen-bond donors (Lipinski definition) is 1. The first-order valence-electron chi connectivity index (χ1n) is 7.17. The summed E-state index contributed by atoms with van der Waals surface area (Å²) in [6.07, 6.45) is 2.35. The minimum absolute atomic E-state index is 0.483. The van der Waals surface area contributed by atoms with Crippen molar-refractivity contribution in [2.75, 3.05) is 20.1 Å². The summed E-state index contributed by atoms with van der Waals surface area (Å²) >= 11 is 0. The van der Waals surface area contributed by atoms with Crippen molar-refractivity contribution < 1.29 is 0 Å². The van der Waals surface area contributed by atoms with Crippen molar-refractivity contribution in [3.63, 3.8) is 0 Å². The van der Waals surface area contributed by atoms with Crippen LogP contribution in [0.25, 0.3) is 0 Å². The Morgan fingerprint density at radius 3 is 2.33 bits per heavy atom. The maximum Gasteiger partial charge on any atom is 0.0318 e. The van der Waals surface area contributed by atoms with Gasteiger partial charge in [-0.3, -0.25) is 0 Å². The fourth-order valence-corrected chi connectivity index (χ4v) is 2.13. The van der Waals surface area contributed by atoms with Crippen LogP contribution in [-0.4, -0.2) is 31.1 Å². The van der Waals surface area contributed by atoms with E-state index in [0.717, 1.165) is 19.5 Å². The largest absolute Gasteiger partial charge is 0.309 e. The van der Waals surface area contributed by atoms with Gasteiger partial charge in [0.25, 0.3) is 0 Å². The Hall–Kier alpha value is -0.860. The lowest BCUT2D eigenvalue weighted by molar-refractivity contribution is 0.248. The molecule has 0 fully saturated rings. The molecule has 0 spiro atoms. The molecule has 1 N–H and O–H groups in total. The van der Waals surface area contributed by atoms with Crippen LogP contribution < -0.4 is 5.32 Å². The molecule has 0 aliphatic carbocycles. The van der Waals surface area contributed by atoms with Gasteiger partial charge in [0.1, 0.15) is 0 Å². The van der Waals surface area contributed by atoms with Crippen molar-refractivity contribution in [1.82, 2.24) is 10.2 Å². The fourth-order valence-electron chi connectivity index (χ4n) is 2.13. The standard InChI is InChI=1S/C16H28N2/c1-5-14(3)18(4)13-12-17-16(6-2)15-10-8-7-9-11-15/h7-11,14,16-17H,5-6,12-13H2,1-4H3. The molecule has 2 unspecified atom stereocenters. The predicted octanol–water partition coefficient (Wildman–Crippen LogP) is 3.46. The zero-order valence-electron chi connectivity index (χ0n) is 12.3. The van der Waals surface area contributed by atoms with Gasteiger partial charge in [0.05, 0.1) is 0 Å². The molecule has 0 radical (unpaired) electrons. The van der Waals surface area contributed by atoms with E-state index < -0.39 is 0 Å². The van der Waals surface area contributed by atoms with E-state index in [1.807, 2.05) is 0 Å². The molecule has 0 saturated carbocycles. The van der Waals surface area contributed by atoms with Crippen LogP contribution in [0.4, 0.5) is 0 Å². The summed E-state index contributed by atoms with van der Waals surface area (Å²) in [4.78, 5) is 2.42. The molecule has 18 heavy (non-hydrogen) atoms. The second-order valence-electron chi connectivity index (χ2n) is 5.06. The number of likely N-dealkylation sites (N-methyl/N-ethyl adjacent to an activating group) is 1. The van der Waals surface area contributed by atoms with E-state index in [4.69, 9.17) is 0 Å². The van der Waals surface area contributed by atoms with Crippen LogP contribution in [-0.2, 0) is 0 Å². The van der Waals surface area contributed by atoms with Gasteiger partial charge in [-0.1, -0.05) is 44.2 Å². The highest BCUT2D eigenvalue weighted by atomic mass is 15.1. The smallest absolute Gasteiger partial charge is 0.0318 e. The van der Waals surface area contributed by atoms with Crippen LogP contribution in [0, 0.1) is 0 Å². The van der Waals surface area contributed by atoms with E-state index in [9.17, 15) is 0 Å². The highest BCUT2D eigenvalue weighted by Gasteiger charge is 2.09. The molecule has 2 nitrogen and oxygen atoms in total. The van der Waals surface area contributed by atoms with Gasteiger partial charge in [-0.15, -0.1) is 0 Å². The summed E-state index contributed by atoms with van der Waals surface area (Å²) in [5.74, 6) is 0. The zero-order valence-corrected chi connectivity index (χ0v) is 12.3. The van der Waals surface area contributed by atoms with Crippen molar-refractivity contribution in [2.24, 2.45) is 0 Å². The van der Waals surface area contributed by atoms with E-state index in [1.54, 1.807) is 0 Å². The SMILES string of the molecule is CCC(NCCN(C)C(C)CC)c1ccccc1. The van der Waals surface area contributed by atoms with Crippen molar-refractivity contribution >= 4 is 0 Å². The fraction of sp³-hybridized carbons (Fsp3) is 0.625. The molecule has 102 valence electrons. The normalized spacial score (nSPS) is 14.7. The zero-order chi connectivity index (χ0) is 13.4. The average molecular weight is 248 g/mol. The Morgan fingerprint density at radius 2 is 1.78 bits per heavy atom. The molecule has 1 rings (SSSR count). The second kappa shape index (κ2) is 8.28. The van der Waals surface area contributed by atoms with Gasteiger partial charge >= 0.3 is 0 Å². The van der Waals surface area contributed by atoms with Crippen molar-refractivity contribution in [3.8, 4) is 0 Å². The van der Waals surface area contributed by atoms with Gasteiger partial charge in [0, 0.05) is 25.2 Å². The van der Waals surface area contributed by atoms with E-state index in [2.05, 4.69) is 68.4 Å². The first-order valence-corrected chi connectivity index (χ1v) is 7.17. The lowest BCUT2D eigenvalue weighted by Gasteiger charge is -2.25. The molecule has 0 bridgehead atoms. The van der Waals surface area contributed by atoms with Crippen LogP contribution in [0.5, 0.6) is 0 Å². The average Bonchev–Trinajstić information content (AvgIpc) is 2.43. The second-order valence-corrected chi connectivity index (χ2v) is 5.06. The Balaban J connectivity index is 2.37. The molecular formula is C16H28N2. The number of rotatable bonds is 8. The molecule has 0 aliphatic rings. The van der Waals surface area contributed by atoms with Crippen LogP contribution in [0.3, 0.4) is 0 Å². The Bertz CT molecular complexity index is 310. The quantitative estimate of drug-likeness (QED) is 0.758. The molecule has 0 saturated heterocycles. The summed E-state index contributed by atoms with van der Waals surface area (Å²) in [6, 6.07) is 11.9. The van der Waals surface area contributed by atoms with Gasteiger partial charge in [0.2, 0.25) is 0 Å². The molecule has 0 amide bonds. The van der Waals surface area contributed by atoms with E-state index >= 15 is 0 Å². The predicted molar refractivity (Wildman–Crippen MR) is 79.9 cm³/mol. The number of hydrogen-bond acceptors (Lipinski definition) is 2. The number of benzene rings is 1. The highest BCUT2D eigenvalue weighted by molar-refractivity contribution is 5.18. The van der Waals surface area contributed by atoms with Gasteiger partial charge < -0.3 is 10.2 Å². The molecule has 1 aromatic rings. The van der Waals surface area contributed by atoms with Gasteiger partial charge in [-0.25, -0.2) is 0 Å². The minimum atomic E-state index is 0.483. The van der Waals surface area contributed by atoms with Crippen molar-refractivity contribution in [3.05, 3.63) is 35.9 Å². The molecule has 2 atom stereocenters. The van der Waals surface area contributed by atoms with Crippen LogP contribution in [0.15, 0.2) is 30.3 Å². The maximum absolute atomic E-state index is 3.65. The third kappa shape index (κ3) is 4.79. The van der Waals surface area contributed by atoms with E-state index in [0.29, 0.717) is 12.1 Å². The first-order chi connectivity index (χ1) is 8.69. The lowest BCUT2D eigenvalue weighted by atomic mass is 10.0. The Labute approximate surface area is 112 Å². The minimum Gasteiger partial charge on any atom is -0.309 e. The third-order valence-electron chi connectivity index (χ3n) is 3.81. The van der Waals surface area contributed by atoms with Gasteiger partial charge in [-0.05, 0) is 32.4 Å². The first kappa shape index (κ1) is 15.2. The number of nitrogens with one attached hydrogen (secondary N) is 1. The van der Waals surface area contributed by atoms with Crippen molar-refractivity contribution in [1.29, 1.82) is 0 Å². The Kier molecular flexibility index (Phi) is 6.99. The van der Waals surface area contributed by atoms with Gasteiger partial charge in [-0.2, -0.15) is 0 Å². The van der Waals surface area contributed by atoms with Gasteiger partial charge in [0.15, 0.2) is 0 Å². The summed E-state index contributed by atoms with van der Waals surface area (Å²) in [6.45, 7) is 8.93. The molecule has 0 heterocycles. The van der Waals surface area contributed by atoms with Crippen molar-refractivity contribution in [2.45, 2.75) is 45.7 Å². The van der Waals surface area contributed by atoms with Crippen LogP contribution in [0.1, 0.15) is 45.2 Å². The topological polar surface area (TPSA) is 15.3 Å².